The quantitative estimate of drug-likeness (QED) is 0.857. The van der Waals surface area contributed by atoms with Gasteiger partial charge in [-0.1, -0.05) is 12.8 Å². The third-order valence-corrected chi connectivity index (χ3v) is 4.28. The Bertz CT molecular complexity index is 542. The topological polar surface area (TPSA) is 63.8 Å². The molecular formula is C12H16N4S. The first kappa shape index (κ1) is 10.8. The summed E-state index contributed by atoms with van der Waals surface area (Å²) < 4.78 is 0. The van der Waals surface area contributed by atoms with Crippen LogP contribution in [0.5, 0.6) is 0 Å². The van der Waals surface area contributed by atoms with Crippen LogP contribution in [0.25, 0.3) is 10.2 Å². The van der Waals surface area contributed by atoms with E-state index in [0.29, 0.717) is 5.95 Å². The fourth-order valence-corrected chi connectivity index (χ4v) is 3.30. The molecule has 0 unspecified atom stereocenters. The second kappa shape index (κ2) is 3.84. The second-order valence-electron chi connectivity index (χ2n) is 4.96. The van der Waals surface area contributed by atoms with Gasteiger partial charge in [-0.05, 0) is 31.2 Å². The Morgan fingerprint density at radius 3 is 2.88 bits per heavy atom. The minimum atomic E-state index is 0.162. The molecule has 0 spiro atoms. The van der Waals surface area contributed by atoms with Crippen molar-refractivity contribution in [2.24, 2.45) is 0 Å². The van der Waals surface area contributed by atoms with E-state index in [2.05, 4.69) is 28.3 Å². The van der Waals surface area contributed by atoms with Gasteiger partial charge in [0.05, 0.1) is 5.39 Å². The minimum Gasteiger partial charge on any atom is -0.368 e. The molecule has 0 saturated heterocycles. The molecule has 1 fully saturated rings. The van der Waals surface area contributed by atoms with E-state index in [1.54, 1.807) is 11.3 Å². The molecule has 2 aromatic heterocycles. The normalized spacial score (nSPS) is 18.6. The summed E-state index contributed by atoms with van der Waals surface area (Å²) in [5.41, 5.74) is 5.91. The van der Waals surface area contributed by atoms with Crippen molar-refractivity contribution in [3.8, 4) is 0 Å². The Morgan fingerprint density at radius 1 is 1.35 bits per heavy atom. The summed E-state index contributed by atoms with van der Waals surface area (Å²) in [7, 11) is 0. The van der Waals surface area contributed by atoms with Crippen LogP contribution >= 0.6 is 11.3 Å². The summed E-state index contributed by atoms with van der Waals surface area (Å²) >= 11 is 1.60. The van der Waals surface area contributed by atoms with Crippen molar-refractivity contribution in [3.05, 3.63) is 11.4 Å². The molecule has 0 amide bonds. The summed E-state index contributed by atoms with van der Waals surface area (Å²) in [6, 6.07) is 2.06. The molecule has 3 N–H and O–H groups in total. The first-order valence-electron chi connectivity index (χ1n) is 5.95. The fraction of sp³-hybridized carbons (Fsp3) is 0.500. The van der Waals surface area contributed by atoms with Crippen molar-refractivity contribution < 1.29 is 0 Å². The Balaban J connectivity index is 2.01. The first-order valence-corrected chi connectivity index (χ1v) is 6.83. The third-order valence-electron chi connectivity index (χ3n) is 3.47. The highest BCUT2D eigenvalue weighted by Gasteiger charge is 2.29. The van der Waals surface area contributed by atoms with Gasteiger partial charge in [-0.25, -0.2) is 4.98 Å². The number of nitrogens with one attached hydrogen (secondary N) is 1. The van der Waals surface area contributed by atoms with Gasteiger partial charge in [0.2, 0.25) is 5.95 Å². The summed E-state index contributed by atoms with van der Waals surface area (Å²) in [5.74, 6) is 1.24. The molecule has 1 saturated carbocycles. The lowest BCUT2D eigenvalue weighted by molar-refractivity contribution is 0.532. The van der Waals surface area contributed by atoms with Crippen LogP contribution in [0.1, 0.15) is 32.6 Å². The monoisotopic (exact) mass is 248 g/mol. The molecule has 5 heteroatoms. The number of hydrogen-bond acceptors (Lipinski definition) is 5. The van der Waals surface area contributed by atoms with Gasteiger partial charge in [-0.3, -0.25) is 0 Å². The van der Waals surface area contributed by atoms with Crippen molar-refractivity contribution in [1.29, 1.82) is 0 Å². The Morgan fingerprint density at radius 2 is 2.12 bits per heavy atom. The SMILES string of the molecule is CC1(Nc2nc(N)nc3sccc23)CCCC1. The summed E-state index contributed by atoms with van der Waals surface area (Å²) in [4.78, 5) is 9.54. The van der Waals surface area contributed by atoms with E-state index in [4.69, 9.17) is 5.73 Å². The van der Waals surface area contributed by atoms with E-state index in [9.17, 15) is 0 Å². The van der Waals surface area contributed by atoms with E-state index in [1.165, 1.54) is 25.7 Å². The highest BCUT2D eigenvalue weighted by Crippen LogP contribution is 2.35. The van der Waals surface area contributed by atoms with Gasteiger partial charge in [0, 0.05) is 5.54 Å². The van der Waals surface area contributed by atoms with Crippen LogP contribution in [0.3, 0.4) is 0 Å². The Kier molecular flexibility index (Phi) is 2.43. The maximum Gasteiger partial charge on any atom is 0.223 e. The smallest absolute Gasteiger partial charge is 0.223 e. The number of thiophene rings is 1. The summed E-state index contributed by atoms with van der Waals surface area (Å²) in [5, 5.41) is 6.67. The largest absolute Gasteiger partial charge is 0.368 e. The molecule has 0 aliphatic heterocycles. The number of hydrogen-bond donors (Lipinski definition) is 2. The second-order valence-corrected chi connectivity index (χ2v) is 5.86. The average Bonchev–Trinajstić information content (AvgIpc) is 2.86. The fourth-order valence-electron chi connectivity index (χ4n) is 2.53. The molecule has 17 heavy (non-hydrogen) atoms. The number of nitrogens with two attached hydrogens (primary N) is 1. The maximum absolute atomic E-state index is 5.75. The Labute approximate surface area is 104 Å². The zero-order valence-electron chi connectivity index (χ0n) is 9.86. The molecule has 1 aliphatic rings. The van der Waals surface area contributed by atoms with E-state index in [-0.39, 0.29) is 5.54 Å². The molecule has 90 valence electrons. The highest BCUT2D eigenvalue weighted by molar-refractivity contribution is 7.16. The van der Waals surface area contributed by atoms with Crippen LogP contribution in [-0.4, -0.2) is 15.5 Å². The predicted octanol–water partition coefficient (Wildman–Crippen LogP) is 3.02. The standard InChI is InChI=1S/C12H16N4S/c1-12(5-2-3-6-12)16-9-8-4-7-17-10(8)15-11(13)14-9/h4,7H,2-3,5-6H2,1H3,(H3,13,14,15,16). The molecule has 0 aromatic carbocycles. The van der Waals surface area contributed by atoms with Crippen LogP contribution in [0.4, 0.5) is 11.8 Å². The minimum absolute atomic E-state index is 0.162. The van der Waals surface area contributed by atoms with E-state index in [1.807, 2.05) is 5.38 Å². The lowest BCUT2D eigenvalue weighted by atomic mass is 10.0. The molecule has 0 radical (unpaired) electrons. The van der Waals surface area contributed by atoms with Crippen LogP contribution in [-0.2, 0) is 0 Å². The zero-order valence-corrected chi connectivity index (χ0v) is 10.7. The van der Waals surface area contributed by atoms with Crippen LogP contribution in [0.2, 0.25) is 0 Å². The van der Waals surface area contributed by atoms with Gasteiger partial charge < -0.3 is 11.1 Å². The van der Waals surface area contributed by atoms with Crippen LogP contribution in [0.15, 0.2) is 11.4 Å². The third kappa shape index (κ3) is 1.95. The van der Waals surface area contributed by atoms with Gasteiger partial charge in [0.15, 0.2) is 0 Å². The number of anilines is 2. The molecule has 1 aliphatic carbocycles. The maximum atomic E-state index is 5.75. The van der Waals surface area contributed by atoms with E-state index < -0.39 is 0 Å². The predicted molar refractivity (Wildman–Crippen MR) is 72.3 cm³/mol. The zero-order chi connectivity index (χ0) is 11.9. The number of aromatic nitrogens is 2. The van der Waals surface area contributed by atoms with Gasteiger partial charge in [-0.15, -0.1) is 11.3 Å². The van der Waals surface area contributed by atoms with Crippen LogP contribution < -0.4 is 11.1 Å². The molecule has 2 heterocycles. The summed E-state index contributed by atoms with van der Waals surface area (Å²) in [6.07, 6.45) is 4.97. The lowest BCUT2D eigenvalue weighted by Gasteiger charge is -2.26. The van der Waals surface area contributed by atoms with Crippen molar-refractivity contribution in [2.75, 3.05) is 11.1 Å². The average molecular weight is 248 g/mol. The first-order chi connectivity index (χ1) is 8.16. The van der Waals surface area contributed by atoms with Gasteiger partial charge in [-0.2, -0.15) is 4.98 Å². The van der Waals surface area contributed by atoms with E-state index >= 15 is 0 Å². The lowest BCUT2D eigenvalue weighted by Crippen LogP contribution is -2.31. The van der Waals surface area contributed by atoms with Crippen molar-refractivity contribution >= 4 is 33.3 Å². The molecule has 4 nitrogen and oxygen atoms in total. The Hall–Kier alpha value is -1.36. The van der Waals surface area contributed by atoms with Crippen LogP contribution in [0, 0.1) is 0 Å². The molecule has 3 rings (SSSR count). The van der Waals surface area contributed by atoms with Gasteiger partial charge in [0.25, 0.3) is 0 Å². The number of rotatable bonds is 2. The highest BCUT2D eigenvalue weighted by atomic mass is 32.1. The molecule has 0 bridgehead atoms. The molecular weight excluding hydrogens is 232 g/mol. The number of fused-ring (bicyclic) bond motifs is 1. The number of nitrogens with zero attached hydrogens (tertiary/aromatic N) is 2. The van der Waals surface area contributed by atoms with Crippen molar-refractivity contribution in [3.63, 3.8) is 0 Å². The van der Waals surface area contributed by atoms with Gasteiger partial charge >= 0.3 is 0 Å². The van der Waals surface area contributed by atoms with E-state index in [0.717, 1.165) is 16.0 Å². The summed E-state index contributed by atoms with van der Waals surface area (Å²) in [6.45, 7) is 2.26. The number of nitrogen functional groups attached to an aromatic ring is 1. The molecule has 2 aromatic rings. The molecule has 0 atom stereocenters. The van der Waals surface area contributed by atoms with Crippen molar-refractivity contribution in [2.45, 2.75) is 38.1 Å². The van der Waals surface area contributed by atoms with Crippen molar-refractivity contribution in [1.82, 2.24) is 9.97 Å². The van der Waals surface area contributed by atoms with Gasteiger partial charge in [0.1, 0.15) is 10.6 Å².